The third-order valence-electron chi connectivity index (χ3n) is 3.75. The maximum Gasteiger partial charge on any atom is 0.272 e. The SMILES string of the molecule is O=C(Nc1cccc2c(=O)[nH][nH]c(=O)c12)[C@@H]1CCCNC1. The number of aromatic nitrogens is 2. The number of benzene rings is 1. The molecule has 21 heavy (non-hydrogen) atoms. The summed E-state index contributed by atoms with van der Waals surface area (Å²) < 4.78 is 0. The summed E-state index contributed by atoms with van der Waals surface area (Å²) in [5.41, 5.74) is -0.447. The smallest absolute Gasteiger partial charge is 0.272 e. The molecule has 1 atom stereocenters. The Labute approximate surface area is 119 Å². The Balaban J connectivity index is 1.97. The van der Waals surface area contributed by atoms with Gasteiger partial charge in [-0.1, -0.05) is 6.07 Å². The number of fused-ring (bicyclic) bond motifs is 1. The Morgan fingerprint density at radius 2 is 2.00 bits per heavy atom. The van der Waals surface area contributed by atoms with Crippen LogP contribution in [-0.4, -0.2) is 29.2 Å². The predicted octanol–water partition coefficient (Wildman–Crippen LogP) is 0.154. The summed E-state index contributed by atoms with van der Waals surface area (Å²) in [6.45, 7) is 1.56. The van der Waals surface area contributed by atoms with Gasteiger partial charge >= 0.3 is 0 Å². The van der Waals surface area contributed by atoms with E-state index in [1.807, 2.05) is 0 Å². The highest BCUT2D eigenvalue weighted by atomic mass is 16.2. The fourth-order valence-electron chi connectivity index (χ4n) is 2.64. The Morgan fingerprint density at radius 3 is 2.76 bits per heavy atom. The van der Waals surface area contributed by atoms with E-state index in [1.165, 1.54) is 0 Å². The molecule has 0 saturated carbocycles. The first-order chi connectivity index (χ1) is 10.2. The van der Waals surface area contributed by atoms with Crippen LogP contribution < -0.4 is 21.8 Å². The lowest BCUT2D eigenvalue weighted by molar-refractivity contribution is -0.120. The van der Waals surface area contributed by atoms with Gasteiger partial charge in [-0.15, -0.1) is 0 Å². The van der Waals surface area contributed by atoms with E-state index in [-0.39, 0.29) is 28.2 Å². The average Bonchev–Trinajstić information content (AvgIpc) is 2.52. The first-order valence-electron chi connectivity index (χ1n) is 6.92. The normalized spacial score (nSPS) is 18.6. The van der Waals surface area contributed by atoms with Gasteiger partial charge in [0, 0.05) is 6.54 Å². The van der Waals surface area contributed by atoms with Crippen LogP contribution in [0.4, 0.5) is 5.69 Å². The summed E-state index contributed by atoms with van der Waals surface area (Å²) in [6, 6.07) is 4.83. The van der Waals surface area contributed by atoms with Crippen molar-refractivity contribution in [1.82, 2.24) is 15.5 Å². The second kappa shape index (κ2) is 5.53. The molecule has 3 rings (SSSR count). The van der Waals surface area contributed by atoms with Gasteiger partial charge in [-0.2, -0.15) is 0 Å². The van der Waals surface area contributed by atoms with Crippen molar-refractivity contribution in [3.63, 3.8) is 0 Å². The minimum Gasteiger partial charge on any atom is -0.325 e. The van der Waals surface area contributed by atoms with E-state index in [0.29, 0.717) is 12.2 Å². The molecule has 1 aliphatic rings. The Hall–Kier alpha value is -2.41. The summed E-state index contributed by atoms with van der Waals surface area (Å²) in [6.07, 6.45) is 1.77. The van der Waals surface area contributed by atoms with Crippen LogP contribution in [0, 0.1) is 5.92 Å². The standard InChI is InChI=1S/C14H16N4O3/c19-12(8-3-2-6-15-7-8)16-10-5-1-4-9-11(10)14(21)18-17-13(9)20/h1,4-5,8,15H,2-3,6-7H2,(H,16,19)(H,17,20)(H,18,21)/t8-/m1/s1. The molecule has 2 aromatic rings. The molecule has 0 aliphatic carbocycles. The molecule has 110 valence electrons. The molecule has 7 heteroatoms. The number of carbonyl (C=O) groups is 1. The van der Waals surface area contributed by atoms with Crippen molar-refractivity contribution in [2.45, 2.75) is 12.8 Å². The van der Waals surface area contributed by atoms with Gasteiger partial charge in [-0.3, -0.25) is 24.6 Å². The zero-order valence-corrected chi connectivity index (χ0v) is 11.4. The number of carbonyl (C=O) groups excluding carboxylic acids is 1. The molecule has 0 unspecified atom stereocenters. The van der Waals surface area contributed by atoms with E-state index in [9.17, 15) is 14.4 Å². The van der Waals surface area contributed by atoms with Crippen molar-refractivity contribution in [2.24, 2.45) is 5.92 Å². The molecule has 0 radical (unpaired) electrons. The lowest BCUT2D eigenvalue weighted by Gasteiger charge is -2.22. The number of H-pyrrole nitrogens is 2. The van der Waals surface area contributed by atoms with E-state index in [1.54, 1.807) is 18.2 Å². The summed E-state index contributed by atoms with van der Waals surface area (Å²) in [4.78, 5) is 35.9. The van der Waals surface area contributed by atoms with Gasteiger partial charge in [0.15, 0.2) is 0 Å². The minimum atomic E-state index is -0.428. The molecule has 7 nitrogen and oxygen atoms in total. The number of nitrogens with one attached hydrogen (secondary N) is 4. The van der Waals surface area contributed by atoms with Crippen molar-refractivity contribution >= 4 is 22.4 Å². The van der Waals surface area contributed by atoms with E-state index < -0.39 is 5.56 Å². The molecule has 1 fully saturated rings. The van der Waals surface area contributed by atoms with E-state index in [4.69, 9.17) is 0 Å². The van der Waals surface area contributed by atoms with Crippen molar-refractivity contribution in [1.29, 1.82) is 0 Å². The lowest BCUT2D eigenvalue weighted by atomic mass is 9.98. The van der Waals surface area contributed by atoms with Gasteiger partial charge in [0.05, 0.1) is 22.4 Å². The molecule has 0 bridgehead atoms. The topological polar surface area (TPSA) is 107 Å². The van der Waals surface area contributed by atoms with Crippen LogP contribution in [0.2, 0.25) is 0 Å². The molecule has 1 amide bonds. The van der Waals surface area contributed by atoms with Gasteiger partial charge in [-0.05, 0) is 31.5 Å². The summed E-state index contributed by atoms with van der Waals surface area (Å²) >= 11 is 0. The Morgan fingerprint density at radius 1 is 1.19 bits per heavy atom. The van der Waals surface area contributed by atoms with E-state index >= 15 is 0 Å². The van der Waals surface area contributed by atoms with Crippen LogP contribution in [0.1, 0.15) is 12.8 Å². The molecule has 1 aromatic heterocycles. The predicted molar refractivity (Wildman–Crippen MR) is 79.4 cm³/mol. The zero-order chi connectivity index (χ0) is 14.8. The fraction of sp³-hybridized carbons (Fsp3) is 0.357. The molecule has 4 N–H and O–H groups in total. The molecular weight excluding hydrogens is 272 g/mol. The number of aromatic amines is 2. The van der Waals surface area contributed by atoms with Crippen LogP contribution in [0.25, 0.3) is 10.8 Å². The first kappa shape index (κ1) is 13.6. The Bertz CT molecular complexity index is 787. The number of amides is 1. The van der Waals surface area contributed by atoms with E-state index in [2.05, 4.69) is 20.8 Å². The maximum atomic E-state index is 12.3. The molecule has 2 heterocycles. The largest absolute Gasteiger partial charge is 0.325 e. The second-order valence-corrected chi connectivity index (χ2v) is 5.17. The van der Waals surface area contributed by atoms with Gasteiger partial charge in [0.1, 0.15) is 0 Å². The van der Waals surface area contributed by atoms with Crippen LogP contribution in [0.5, 0.6) is 0 Å². The quantitative estimate of drug-likeness (QED) is 0.631. The average molecular weight is 288 g/mol. The third kappa shape index (κ3) is 2.59. The number of piperidine rings is 1. The maximum absolute atomic E-state index is 12.3. The van der Waals surface area contributed by atoms with Crippen LogP contribution in [0.15, 0.2) is 27.8 Å². The van der Waals surface area contributed by atoms with Gasteiger partial charge in [0.25, 0.3) is 11.1 Å². The Kier molecular flexibility index (Phi) is 3.57. The highest BCUT2D eigenvalue weighted by molar-refractivity contribution is 6.02. The summed E-state index contributed by atoms with van der Waals surface area (Å²) in [5, 5.41) is 11.0. The van der Waals surface area contributed by atoms with Gasteiger partial charge in [-0.25, -0.2) is 0 Å². The fourth-order valence-corrected chi connectivity index (χ4v) is 2.64. The lowest BCUT2D eigenvalue weighted by Crippen LogP contribution is -2.37. The minimum absolute atomic E-state index is 0.116. The van der Waals surface area contributed by atoms with Crippen molar-refractivity contribution < 1.29 is 4.79 Å². The molecule has 1 saturated heterocycles. The van der Waals surface area contributed by atoms with Crippen LogP contribution in [0.3, 0.4) is 0 Å². The highest BCUT2D eigenvalue weighted by Gasteiger charge is 2.21. The van der Waals surface area contributed by atoms with Gasteiger partial charge < -0.3 is 10.6 Å². The molecule has 1 aliphatic heterocycles. The first-order valence-corrected chi connectivity index (χ1v) is 6.92. The third-order valence-corrected chi connectivity index (χ3v) is 3.75. The number of hydrogen-bond donors (Lipinski definition) is 4. The van der Waals surface area contributed by atoms with Crippen molar-refractivity contribution in [3.05, 3.63) is 38.9 Å². The summed E-state index contributed by atoms with van der Waals surface area (Å²) in [5.74, 6) is -0.246. The molecule has 1 aromatic carbocycles. The number of anilines is 1. The van der Waals surface area contributed by atoms with Gasteiger partial charge in [0.2, 0.25) is 5.91 Å². The van der Waals surface area contributed by atoms with Crippen LogP contribution in [-0.2, 0) is 4.79 Å². The van der Waals surface area contributed by atoms with Crippen molar-refractivity contribution in [3.8, 4) is 0 Å². The summed E-state index contributed by atoms with van der Waals surface area (Å²) in [7, 11) is 0. The number of rotatable bonds is 2. The monoisotopic (exact) mass is 288 g/mol. The second-order valence-electron chi connectivity index (χ2n) is 5.17. The number of hydrogen-bond acceptors (Lipinski definition) is 4. The highest BCUT2D eigenvalue weighted by Crippen LogP contribution is 2.19. The van der Waals surface area contributed by atoms with Crippen molar-refractivity contribution in [2.75, 3.05) is 18.4 Å². The van der Waals surface area contributed by atoms with Crippen LogP contribution >= 0.6 is 0 Å². The van der Waals surface area contributed by atoms with E-state index in [0.717, 1.165) is 19.4 Å². The zero-order valence-electron chi connectivity index (χ0n) is 11.4. The molecular formula is C14H16N4O3. The molecule has 0 spiro atoms.